The Hall–Kier alpha value is -1.89. The molecule has 7 heteroatoms. The molecule has 1 aromatic rings. The van der Waals surface area contributed by atoms with E-state index in [1.165, 1.54) is 0 Å². The zero-order valence-electron chi connectivity index (χ0n) is 12.7. The minimum Gasteiger partial charge on any atom is -0.369 e. The van der Waals surface area contributed by atoms with E-state index in [1.54, 1.807) is 6.20 Å². The zero-order chi connectivity index (χ0) is 15.5. The summed E-state index contributed by atoms with van der Waals surface area (Å²) < 4.78 is 1.94. The van der Waals surface area contributed by atoms with Crippen molar-refractivity contribution in [3.05, 3.63) is 18.5 Å². The van der Waals surface area contributed by atoms with Gasteiger partial charge in [0.25, 0.3) is 0 Å². The van der Waals surface area contributed by atoms with Gasteiger partial charge in [0.15, 0.2) is 0 Å². The van der Waals surface area contributed by atoms with E-state index < -0.39 is 0 Å². The van der Waals surface area contributed by atoms with Gasteiger partial charge in [-0.25, -0.2) is 0 Å². The summed E-state index contributed by atoms with van der Waals surface area (Å²) in [5, 5.41) is 4.21. The molecule has 7 nitrogen and oxygen atoms in total. The Balaban J connectivity index is 1.45. The van der Waals surface area contributed by atoms with Crippen LogP contribution in [0.15, 0.2) is 18.5 Å². The molecular weight excluding hydrogens is 282 g/mol. The van der Waals surface area contributed by atoms with Gasteiger partial charge in [-0.1, -0.05) is 0 Å². The molecular formula is C15H23N5O2. The third-order valence-electron chi connectivity index (χ3n) is 4.76. The molecule has 120 valence electrons. The Morgan fingerprint density at radius 3 is 2.68 bits per heavy atom. The monoisotopic (exact) mass is 305 g/mol. The van der Waals surface area contributed by atoms with Crippen LogP contribution in [-0.4, -0.2) is 63.6 Å². The summed E-state index contributed by atoms with van der Waals surface area (Å²) in [7, 11) is 0. The van der Waals surface area contributed by atoms with E-state index in [1.807, 2.05) is 21.8 Å². The fourth-order valence-corrected chi connectivity index (χ4v) is 3.41. The van der Waals surface area contributed by atoms with Crippen molar-refractivity contribution in [2.24, 2.45) is 11.7 Å². The second kappa shape index (κ2) is 6.48. The van der Waals surface area contributed by atoms with Crippen LogP contribution < -0.4 is 5.73 Å². The van der Waals surface area contributed by atoms with Gasteiger partial charge in [-0.3, -0.25) is 14.3 Å². The molecule has 0 saturated carbocycles. The number of hydrogen-bond acceptors (Lipinski definition) is 4. The lowest BCUT2D eigenvalue weighted by atomic mass is 10.0. The van der Waals surface area contributed by atoms with Crippen molar-refractivity contribution in [3.63, 3.8) is 0 Å². The maximum Gasteiger partial charge on any atom is 0.223 e. The van der Waals surface area contributed by atoms with Crippen molar-refractivity contribution in [3.8, 4) is 0 Å². The predicted octanol–water partition coefficient (Wildman–Crippen LogP) is -0.319. The molecule has 0 aliphatic carbocycles. The number of aromatic nitrogens is 2. The lowest BCUT2D eigenvalue weighted by molar-refractivity contribution is -0.130. The highest BCUT2D eigenvalue weighted by atomic mass is 16.2. The molecule has 2 aliphatic heterocycles. The van der Waals surface area contributed by atoms with Gasteiger partial charge in [0.2, 0.25) is 11.8 Å². The van der Waals surface area contributed by atoms with Gasteiger partial charge in [-0.15, -0.1) is 0 Å². The topological polar surface area (TPSA) is 84.5 Å². The van der Waals surface area contributed by atoms with Crippen LogP contribution in [-0.2, 0) is 16.1 Å². The molecule has 0 spiro atoms. The number of hydrogen-bond donors (Lipinski definition) is 1. The highest BCUT2D eigenvalue weighted by Gasteiger charge is 2.37. The van der Waals surface area contributed by atoms with Crippen molar-refractivity contribution < 1.29 is 9.59 Å². The van der Waals surface area contributed by atoms with Crippen molar-refractivity contribution in [2.45, 2.75) is 31.8 Å². The first kappa shape index (κ1) is 15.0. The summed E-state index contributed by atoms with van der Waals surface area (Å²) >= 11 is 0. The maximum absolute atomic E-state index is 12.0. The van der Waals surface area contributed by atoms with Gasteiger partial charge in [0, 0.05) is 51.0 Å². The molecule has 0 bridgehead atoms. The number of piperidine rings is 1. The van der Waals surface area contributed by atoms with E-state index in [-0.39, 0.29) is 30.2 Å². The molecule has 2 fully saturated rings. The van der Waals surface area contributed by atoms with Crippen LogP contribution in [0.5, 0.6) is 0 Å². The number of amides is 2. The van der Waals surface area contributed by atoms with Gasteiger partial charge in [0.05, 0.1) is 12.5 Å². The first-order valence-corrected chi connectivity index (χ1v) is 7.92. The number of rotatable bonds is 5. The molecule has 2 aliphatic rings. The number of carbonyl (C=O) groups is 2. The Morgan fingerprint density at radius 1 is 1.32 bits per heavy atom. The highest BCUT2D eigenvalue weighted by molar-refractivity contribution is 5.88. The average molecular weight is 305 g/mol. The lowest BCUT2D eigenvalue weighted by Crippen LogP contribution is -2.46. The Morgan fingerprint density at radius 2 is 2.09 bits per heavy atom. The average Bonchev–Trinajstić information content (AvgIpc) is 3.15. The summed E-state index contributed by atoms with van der Waals surface area (Å²) in [6, 6.07) is 2.19. The molecule has 0 aromatic carbocycles. The molecule has 3 heterocycles. The first-order chi connectivity index (χ1) is 10.6. The van der Waals surface area contributed by atoms with Crippen LogP contribution >= 0.6 is 0 Å². The largest absolute Gasteiger partial charge is 0.369 e. The highest BCUT2D eigenvalue weighted by Crippen LogP contribution is 2.25. The molecule has 1 atom stereocenters. The second-order valence-corrected chi connectivity index (χ2v) is 6.19. The summed E-state index contributed by atoms with van der Waals surface area (Å²) in [5.74, 6) is -0.573. The minimum absolute atomic E-state index is 0.0822. The first-order valence-electron chi connectivity index (χ1n) is 7.92. The third kappa shape index (κ3) is 3.30. The number of likely N-dealkylation sites (tertiary alicyclic amines) is 2. The van der Waals surface area contributed by atoms with Gasteiger partial charge in [0.1, 0.15) is 0 Å². The van der Waals surface area contributed by atoms with E-state index >= 15 is 0 Å². The van der Waals surface area contributed by atoms with Crippen LogP contribution in [0.3, 0.4) is 0 Å². The Kier molecular flexibility index (Phi) is 4.42. The fraction of sp³-hybridized carbons (Fsp3) is 0.667. The van der Waals surface area contributed by atoms with Crippen molar-refractivity contribution >= 4 is 11.8 Å². The fourth-order valence-electron chi connectivity index (χ4n) is 3.41. The number of carbonyl (C=O) groups excluding carboxylic acids is 2. The van der Waals surface area contributed by atoms with E-state index in [2.05, 4.69) is 10.00 Å². The molecule has 2 N–H and O–H groups in total. The summed E-state index contributed by atoms with van der Waals surface area (Å²) in [6.45, 7) is 4.34. The van der Waals surface area contributed by atoms with Gasteiger partial charge in [-0.2, -0.15) is 5.10 Å². The van der Waals surface area contributed by atoms with Gasteiger partial charge in [-0.05, 0) is 18.9 Å². The van der Waals surface area contributed by atoms with Crippen LogP contribution in [0, 0.1) is 5.92 Å². The number of primary amides is 1. The maximum atomic E-state index is 12.0. The Bertz CT molecular complexity index is 522. The van der Waals surface area contributed by atoms with Crippen molar-refractivity contribution in [1.82, 2.24) is 19.6 Å². The van der Waals surface area contributed by atoms with Crippen molar-refractivity contribution in [1.29, 1.82) is 0 Å². The van der Waals surface area contributed by atoms with Crippen LogP contribution in [0.4, 0.5) is 0 Å². The number of nitrogens with two attached hydrogens (primary N) is 1. The smallest absolute Gasteiger partial charge is 0.223 e. The molecule has 1 aromatic heterocycles. The predicted molar refractivity (Wildman–Crippen MR) is 80.7 cm³/mol. The van der Waals surface area contributed by atoms with E-state index in [0.29, 0.717) is 6.54 Å². The SMILES string of the molecule is NC(=O)C1CC(=O)N(C2CCN(CCn3cccn3)CC2)C1. The van der Waals surface area contributed by atoms with E-state index in [4.69, 9.17) is 5.73 Å². The quantitative estimate of drug-likeness (QED) is 0.808. The minimum atomic E-state index is -0.354. The normalized spacial score (nSPS) is 24.1. The molecule has 0 radical (unpaired) electrons. The number of nitrogens with zero attached hydrogens (tertiary/aromatic N) is 4. The van der Waals surface area contributed by atoms with Gasteiger partial charge >= 0.3 is 0 Å². The molecule has 1 unspecified atom stereocenters. The molecule has 2 amide bonds. The molecule has 3 rings (SSSR count). The Labute approximate surface area is 130 Å². The second-order valence-electron chi connectivity index (χ2n) is 6.19. The lowest BCUT2D eigenvalue weighted by Gasteiger charge is -2.36. The summed E-state index contributed by atoms with van der Waals surface area (Å²) in [4.78, 5) is 27.6. The van der Waals surface area contributed by atoms with E-state index in [0.717, 1.165) is 39.0 Å². The van der Waals surface area contributed by atoms with Gasteiger partial charge < -0.3 is 15.5 Å². The van der Waals surface area contributed by atoms with Crippen LogP contribution in [0.2, 0.25) is 0 Å². The molecule has 22 heavy (non-hydrogen) atoms. The molecule has 2 saturated heterocycles. The standard InChI is InChI=1S/C15H23N5O2/c16-15(22)12-10-14(21)20(11-12)13-2-6-18(7-3-13)8-9-19-5-1-4-17-19/h1,4-5,12-13H,2-3,6-11H2,(H2,16,22). The summed E-state index contributed by atoms with van der Waals surface area (Å²) in [6.07, 6.45) is 5.99. The van der Waals surface area contributed by atoms with Crippen molar-refractivity contribution in [2.75, 3.05) is 26.2 Å². The van der Waals surface area contributed by atoms with E-state index in [9.17, 15) is 9.59 Å². The van der Waals surface area contributed by atoms with Crippen LogP contribution in [0.25, 0.3) is 0 Å². The van der Waals surface area contributed by atoms with Crippen LogP contribution in [0.1, 0.15) is 19.3 Å². The zero-order valence-corrected chi connectivity index (χ0v) is 12.7. The summed E-state index contributed by atoms with van der Waals surface area (Å²) in [5.41, 5.74) is 5.33. The third-order valence-corrected chi connectivity index (χ3v) is 4.76.